The third-order valence-corrected chi connectivity index (χ3v) is 13.3. The molecule has 0 amide bonds. The quantitative estimate of drug-likeness (QED) is 0.160. The molecule has 6 heteroatoms. The minimum Gasteiger partial charge on any atom is -0.309 e. The summed E-state index contributed by atoms with van der Waals surface area (Å²) in [5.74, 6) is 1.86. The fourth-order valence-electron chi connectivity index (χ4n) is 9.40. The van der Waals surface area contributed by atoms with Gasteiger partial charge < -0.3 is 4.57 Å². The zero-order chi connectivity index (χ0) is 46.1. The van der Waals surface area contributed by atoms with E-state index in [1.54, 1.807) is 0 Å². The van der Waals surface area contributed by atoms with Crippen LogP contribution < -0.4 is 0 Å². The Bertz CT molecular complexity index is 3870. The Hall–Kier alpha value is -8.71. The number of nitrogens with zero attached hydrogens (tertiary/aromatic N) is 5. The molecule has 0 aliphatic rings. The molecule has 69 heavy (non-hydrogen) atoms. The van der Waals surface area contributed by atoms with Crippen LogP contribution in [0.2, 0.25) is 0 Å². The van der Waals surface area contributed by atoms with Gasteiger partial charge in [0, 0.05) is 42.8 Å². The molecule has 0 N–H and O–H groups in total. The van der Waals surface area contributed by atoms with E-state index in [-0.39, 0.29) is 0 Å². The van der Waals surface area contributed by atoms with Gasteiger partial charge in [-0.1, -0.05) is 210 Å². The predicted molar refractivity (Wildman–Crippen MR) is 290 cm³/mol. The first-order valence-corrected chi connectivity index (χ1v) is 23.8. The van der Waals surface area contributed by atoms with Crippen LogP contribution in [-0.2, 0) is 0 Å². The van der Waals surface area contributed by atoms with Crippen LogP contribution >= 0.6 is 15.9 Å². The van der Waals surface area contributed by atoms with Crippen LogP contribution in [0.15, 0.2) is 259 Å². The van der Waals surface area contributed by atoms with E-state index in [1.165, 1.54) is 44.1 Å². The van der Waals surface area contributed by atoms with E-state index in [2.05, 4.69) is 213 Å². The summed E-state index contributed by atoms with van der Waals surface area (Å²) >= 11 is 3.42. The molecule has 3 aromatic heterocycles. The summed E-state index contributed by atoms with van der Waals surface area (Å²) in [6.45, 7) is 0. The molecule has 326 valence electrons. The SMILES string of the molecule is Brc1ccc(-c2ccccc2)cc1.c1ccc(-c2ccc(-n3c4ccccc4c4cc(-c5ccc6c(c5)c5ccccc5n6-c5nc(-c6ccccc6)nc(-c6ccccc6)n5)ccc43)cc2)cc1. The second kappa shape index (κ2) is 18.2. The van der Waals surface area contributed by atoms with Crippen molar-refractivity contribution in [2.75, 3.05) is 0 Å². The lowest BCUT2D eigenvalue weighted by atomic mass is 10.0. The van der Waals surface area contributed by atoms with Crippen molar-refractivity contribution in [2.24, 2.45) is 0 Å². The summed E-state index contributed by atoms with van der Waals surface area (Å²) < 4.78 is 5.67. The lowest BCUT2D eigenvalue weighted by molar-refractivity contribution is 0.953. The molecule has 0 radical (unpaired) electrons. The van der Waals surface area contributed by atoms with Crippen LogP contribution in [0.4, 0.5) is 0 Å². The van der Waals surface area contributed by atoms with Crippen LogP contribution in [0.25, 0.3) is 111 Å². The first-order valence-electron chi connectivity index (χ1n) is 23.0. The third-order valence-electron chi connectivity index (χ3n) is 12.8. The van der Waals surface area contributed by atoms with E-state index < -0.39 is 0 Å². The van der Waals surface area contributed by atoms with Gasteiger partial charge in [-0.05, 0) is 94.0 Å². The van der Waals surface area contributed by atoms with Gasteiger partial charge in [0.1, 0.15) is 0 Å². The Labute approximate surface area is 408 Å². The standard InChI is InChI=1S/C51H33N5.C12H9Br/c1-4-14-34(15-5-1)35-24-28-40(29-25-35)55-45-22-12-10-20-41(45)43-32-38(26-30-47(43)55)39-27-31-48-44(33-39)42-21-11-13-23-46(42)56(48)51-53-49(36-16-6-2-7-17-36)52-50(54-51)37-18-8-3-9-19-37;13-12-8-6-11(7-9-12)10-4-2-1-3-5-10/h1-33H;1-9H. The van der Waals surface area contributed by atoms with Gasteiger partial charge in [0.25, 0.3) is 0 Å². The molecule has 0 bridgehead atoms. The fourth-order valence-corrected chi connectivity index (χ4v) is 9.67. The Balaban J connectivity index is 0.000000328. The largest absolute Gasteiger partial charge is 0.309 e. The van der Waals surface area contributed by atoms with Gasteiger partial charge in [0.05, 0.1) is 22.1 Å². The Morgan fingerprint density at radius 3 is 1.09 bits per heavy atom. The van der Waals surface area contributed by atoms with Gasteiger partial charge >= 0.3 is 0 Å². The molecule has 10 aromatic carbocycles. The molecule has 0 spiro atoms. The molecule has 0 saturated heterocycles. The Kier molecular flexibility index (Phi) is 11.0. The van der Waals surface area contributed by atoms with E-state index in [9.17, 15) is 0 Å². The molecule has 13 rings (SSSR count). The number of aromatic nitrogens is 5. The van der Waals surface area contributed by atoms with Crippen LogP contribution in [-0.4, -0.2) is 24.1 Å². The second-order valence-electron chi connectivity index (χ2n) is 17.0. The number of hydrogen-bond acceptors (Lipinski definition) is 3. The number of hydrogen-bond donors (Lipinski definition) is 0. The number of rotatable bonds is 7. The van der Waals surface area contributed by atoms with Crippen LogP contribution in [0.3, 0.4) is 0 Å². The topological polar surface area (TPSA) is 48.5 Å². The molecule has 13 aromatic rings. The normalized spacial score (nSPS) is 11.3. The maximum Gasteiger partial charge on any atom is 0.238 e. The predicted octanol–water partition coefficient (Wildman–Crippen LogP) is 16.8. The Morgan fingerprint density at radius 2 is 0.609 bits per heavy atom. The number of halogens is 1. The first kappa shape index (κ1) is 41.7. The summed E-state index contributed by atoms with van der Waals surface area (Å²) in [7, 11) is 0. The Morgan fingerprint density at radius 1 is 0.261 bits per heavy atom. The summed E-state index contributed by atoms with van der Waals surface area (Å²) in [5, 5.41) is 4.73. The van der Waals surface area contributed by atoms with Gasteiger partial charge in [-0.3, -0.25) is 4.57 Å². The van der Waals surface area contributed by atoms with E-state index >= 15 is 0 Å². The van der Waals surface area contributed by atoms with Gasteiger partial charge in [-0.15, -0.1) is 0 Å². The zero-order valence-corrected chi connectivity index (χ0v) is 38.9. The summed E-state index contributed by atoms with van der Waals surface area (Å²) in [6, 6.07) is 89.2. The highest BCUT2D eigenvalue weighted by molar-refractivity contribution is 9.10. The molecule has 5 nitrogen and oxygen atoms in total. The van der Waals surface area contributed by atoms with Crippen molar-refractivity contribution in [3.63, 3.8) is 0 Å². The van der Waals surface area contributed by atoms with E-state index in [1.807, 2.05) is 66.7 Å². The number of fused-ring (bicyclic) bond motifs is 6. The van der Waals surface area contributed by atoms with E-state index in [0.29, 0.717) is 17.6 Å². The van der Waals surface area contributed by atoms with Gasteiger partial charge in [-0.2, -0.15) is 9.97 Å². The molecule has 0 aliphatic heterocycles. The van der Waals surface area contributed by atoms with Gasteiger partial charge in [0.2, 0.25) is 5.95 Å². The van der Waals surface area contributed by atoms with Crippen LogP contribution in [0.5, 0.6) is 0 Å². The summed E-state index contributed by atoms with van der Waals surface area (Å²) in [5.41, 5.74) is 14.7. The molecule has 0 saturated carbocycles. The van der Waals surface area contributed by atoms with Crippen molar-refractivity contribution < 1.29 is 0 Å². The van der Waals surface area contributed by atoms with Crippen LogP contribution in [0.1, 0.15) is 0 Å². The maximum atomic E-state index is 5.10. The molecule has 0 unspecified atom stereocenters. The van der Waals surface area contributed by atoms with E-state index in [4.69, 9.17) is 15.0 Å². The minimum atomic E-state index is 0.586. The lowest BCUT2D eigenvalue weighted by Gasteiger charge is -2.11. The highest BCUT2D eigenvalue weighted by atomic mass is 79.9. The molecule has 0 aliphatic carbocycles. The highest BCUT2D eigenvalue weighted by Crippen LogP contribution is 2.39. The summed E-state index contributed by atoms with van der Waals surface area (Å²) in [4.78, 5) is 15.1. The second-order valence-corrected chi connectivity index (χ2v) is 17.9. The maximum absolute atomic E-state index is 5.10. The molecule has 0 atom stereocenters. The van der Waals surface area contributed by atoms with Crippen molar-refractivity contribution in [3.8, 4) is 67.8 Å². The average Bonchev–Trinajstić information content (AvgIpc) is 3.94. The zero-order valence-electron chi connectivity index (χ0n) is 37.4. The van der Waals surface area contributed by atoms with Crippen molar-refractivity contribution >= 4 is 59.5 Å². The third kappa shape index (κ3) is 8.07. The molecule has 0 fully saturated rings. The fraction of sp³-hybridized carbons (Fsp3) is 0. The average molecular weight is 949 g/mol. The number of benzene rings is 10. The summed E-state index contributed by atoms with van der Waals surface area (Å²) in [6.07, 6.45) is 0. The smallest absolute Gasteiger partial charge is 0.238 e. The van der Waals surface area contributed by atoms with E-state index in [0.717, 1.165) is 54.2 Å². The number of para-hydroxylation sites is 2. The molecular weight excluding hydrogens is 907 g/mol. The van der Waals surface area contributed by atoms with Gasteiger partial charge in [0.15, 0.2) is 11.6 Å². The highest BCUT2D eigenvalue weighted by Gasteiger charge is 2.19. The first-order chi connectivity index (χ1) is 34.1. The van der Waals surface area contributed by atoms with Crippen LogP contribution in [0, 0.1) is 0 Å². The molecule has 3 heterocycles. The van der Waals surface area contributed by atoms with Crippen molar-refractivity contribution in [3.05, 3.63) is 259 Å². The minimum absolute atomic E-state index is 0.586. The van der Waals surface area contributed by atoms with Crippen molar-refractivity contribution in [1.29, 1.82) is 0 Å². The molecular formula is C63H42BrN5. The van der Waals surface area contributed by atoms with Crippen molar-refractivity contribution in [2.45, 2.75) is 0 Å². The monoisotopic (exact) mass is 947 g/mol. The van der Waals surface area contributed by atoms with Gasteiger partial charge in [-0.25, -0.2) is 4.98 Å². The van der Waals surface area contributed by atoms with Crippen molar-refractivity contribution in [1.82, 2.24) is 24.1 Å². The lowest BCUT2D eigenvalue weighted by Crippen LogP contribution is -2.06.